The number of hydrogen-bond acceptors (Lipinski definition) is 5. The Bertz CT molecular complexity index is 580. The molecule has 2 fully saturated rings. The maximum atomic E-state index is 12.2. The third-order valence-electron chi connectivity index (χ3n) is 5.37. The van der Waals surface area contributed by atoms with Gasteiger partial charge >= 0.3 is 0 Å². The molecule has 0 radical (unpaired) electrons. The lowest BCUT2D eigenvalue weighted by Crippen LogP contribution is -2.54. The molecule has 6 nitrogen and oxygen atoms in total. The van der Waals surface area contributed by atoms with Crippen LogP contribution in [0.4, 0.5) is 5.82 Å². The van der Waals surface area contributed by atoms with Crippen molar-refractivity contribution < 1.29 is 9.53 Å². The first-order valence-electron chi connectivity index (χ1n) is 8.80. The van der Waals surface area contributed by atoms with E-state index in [4.69, 9.17) is 10.5 Å². The van der Waals surface area contributed by atoms with Crippen molar-refractivity contribution in [2.24, 2.45) is 5.41 Å². The van der Waals surface area contributed by atoms with Crippen LogP contribution in [0.3, 0.4) is 0 Å². The number of nitrogens with zero attached hydrogens (tertiary/aromatic N) is 3. The number of aromatic nitrogens is 1. The maximum Gasteiger partial charge on any atom is 0.222 e. The number of rotatable bonds is 5. The summed E-state index contributed by atoms with van der Waals surface area (Å²) in [7, 11) is 1.69. The largest absolute Gasteiger partial charge is 0.383 e. The van der Waals surface area contributed by atoms with Crippen molar-refractivity contribution in [2.75, 3.05) is 45.6 Å². The summed E-state index contributed by atoms with van der Waals surface area (Å²) in [6, 6.07) is 4.00. The molecule has 3 rings (SSSR count). The van der Waals surface area contributed by atoms with Crippen LogP contribution in [0.5, 0.6) is 0 Å². The Balaban J connectivity index is 1.65. The highest BCUT2D eigenvalue weighted by Gasteiger charge is 2.41. The average Bonchev–Trinajstić information content (AvgIpc) is 2.58. The molecule has 0 aliphatic carbocycles. The second-order valence-electron chi connectivity index (χ2n) is 7.17. The van der Waals surface area contributed by atoms with Crippen molar-refractivity contribution in [1.29, 1.82) is 0 Å². The Morgan fingerprint density at radius 1 is 1.38 bits per heavy atom. The Hall–Kier alpha value is -1.66. The van der Waals surface area contributed by atoms with Crippen molar-refractivity contribution in [3.8, 4) is 0 Å². The van der Waals surface area contributed by atoms with Gasteiger partial charge in [0.2, 0.25) is 5.91 Å². The first kappa shape index (κ1) is 17.2. The number of carbonyl (C=O) groups excluding carboxylic acids is 1. The van der Waals surface area contributed by atoms with E-state index in [1.54, 1.807) is 13.3 Å². The Kier molecular flexibility index (Phi) is 5.36. The summed E-state index contributed by atoms with van der Waals surface area (Å²) in [6.07, 6.45) is 5.76. The molecule has 1 unspecified atom stereocenters. The van der Waals surface area contributed by atoms with Gasteiger partial charge in [-0.05, 0) is 31.9 Å². The van der Waals surface area contributed by atoms with Gasteiger partial charge in [0.1, 0.15) is 5.82 Å². The molecule has 1 amide bonds. The van der Waals surface area contributed by atoms with Gasteiger partial charge in [0.15, 0.2) is 0 Å². The summed E-state index contributed by atoms with van der Waals surface area (Å²) in [5.41, 5.74) is 7.31. The lowest BCUT2D eigenvalue weighted by atomic mass is 9.73. The number of nitrogens with two attached hydrogens (primary N) is 1. The normalized spacial score (nSPS) is 25.4. The zero-order valence-electron chi connectivity index (χ0n) is 14.5. The van der Waals surface area contributed by atoms with Gasteiger partial charge in [-0.2, -0.15) is 0 Å². The molecule has 0 aromatic carbocycles. The van der Waals surface area contributed by atoms with Crippen LogP contribution in [0.2, 0.25) is 0 Å². The number of carbonyl (C=O) groups is 1. The second-order valence-corrected chi connectivity index (χ2v) is 7.17. The first-order chi connectivity index (χ1) is 11.6. The number of methoxy groups -OCH3 is 1. The molecule has 2 N–H and O–H groups in total. The molecule has 2 aliphatic rings. The van der Waals surface area contributed by atoms with E-state index in [-0.39, 0.29) is 11.3 Å². The molecule has 1 aromatic rings. The van der Waals surface area contributed by atoms with Gasteiger partial charge < -0.3 is 15.4 Å². The quantitative estimate of drug-likeness (QED) is 0.885. The van der Waals surface area contributed by atoms with Crippen LogP contribution in [0.1, 0.15) is 31.2 Å². The van der Waals surface area contributed by atoms with E-state index in [1.165, 1.54) is 12.8 Å². The van der Waals surface area contributed by atoms with Crippen LogP contribution in [-0.2, 0) is 16.1 Å². The van der Waals surface area contributed by atoms with Gasteiger partial charge in [-0.25, -0.2) is 4.98 Å². The van der Waals surface area contributed by atoms with Crippen LogP contribution >= 0.6 is 0 Å². The van der Waals surface area contributed by atoms with E-state index in [0.29, 0.717) is 25.4 Å². The highest BCUT2D eigenvalue weighted by atomic mass is 16.5. The molecule has 132 valence electrons. The van der Waals surface area contributed by atoms with Crippen LogP contribution < -0.4 is 5.73 Å². The van der Waals surface area contributed by atoms with E-state index in [0.717, 1.165) is 38.2 Å². The Labute approximate surface area is 144 Å². The lowest BCUT2D eigenvalue weighted by Gasteiger charge is -2.48. The fraction of sp³-hybridized carbons (Fsp3) is 0.667. The molecular weight excluding hydrogens is 304 g/mol. The van der Waals surface area contributed by atoms with Crippen molar-refractivity contribution in [3.63, 3.8) is 0 Å². The molecule has 6 heteroatoms. The summed E-state index contributed by atoms with van der Waals surface area (Å²) < 4.78 is 5.16. The molecule has 1 atom stereocenters. The predicted octanol–water partition coefficient (Wildman–Crippen LogP) is 1.51. The third-order valence-corrected chi connectivity index (χ3v) is 5.37. The number of pyridine rings is 1. The fourth-order valence-electron chi connectivity index (χ4n) is 4.11. The molecule has 2 saturated heterocycles. The summed E-state index contributed by atoms with van der Waals surface area (Å²) in [6.45, 7) is 5.12. The van der Waals surface area contributed by atoms with Gasteiger partial charge in [0, 0.05) is 56.9 Å². The molecule has 0 saturated carbocycles. The summed E-state index contributed by atoms with van der Waals surface area (Å²) in [4.78, 5) is 20.8. The molecular formula is C18H28N4O2. The van der Waals surface area contributed by atoms with Crippen molar-refractivity contribution in [2.45, 2.75) is 32.2 Å². The predicted molar refractivity (Wildman–Crippen MR) is 93.3 cm³/mol. The Morgan fingerprint density at radius 2 is 2.25 bits per heavy atom. The highest BCUT2D eigenvalue weighted by Crippen LogP contribution is 2.39. The molecule has 24 heavy (non-hydrogen) atoms. The number of hydrogen-bond donors (Lipinski definition) is 1. The van der Waals surface area contributed by atoms with Gasteiger partial charge in [0.25, 0.3) is 0 Å². The minimum Gasteiger partial charge on any atom is -0.383 e. The van der Waals surface area contributed by atoms with Crippen LogP contribution in [-0.4, -0.2) is 60.6 Å². The van der Waals surface area contributed by atoms with Crippen LogP contribution in [0, 0.1) is 5.41 Å². The van der Waals surface area contributed by atoms with E-state index in [2.05, 4.69) is 16.0 Å². The molecule has 2 aliphatic heterocycles. The molecule has 3 heterocycles. The smallest absolute Gasteiger partial charge is 0.222 e. The van der Waals surface area contributed by atoms with Crippen molar-refractivity contribution in [1.82, 2.24) is 14.8 Å². The number of amides is 1. The zero-order valence-corrected chi connectivity index (χ0v) is 14.5. The number of ether oxygens (including phenoxy) is 1. The minimum absolute atomic E-state index is 0.219. The minimum atomic E-state index is 0.219. The van der Waals surface area contributed by atoms with E-state index in [1.807, 2.05) is 11.0 Å². The third kappa shape index (κ3) is 3.87. The first-order valence-corrected chi connectivity index (χ1v) is 8.80. The second kappa shape index (κ2) is 7.49. The van der Waals surface area contributed by atoms with Gasteiger partial charge in [0.05, 0.1) is 6.61 Å². The summed E-state index contributed by atoms with van der Waals surface area (Å²) >= 11 is 0. The SMILES string of the molecule is COCCN1CC2(CCCN(Cc3cccnc3N)C2)CCC1=O. The van der Waals surface area contributed by atoms with Gasteiger partial charge in [-0.15, -0.1) is 0 Å². The number of piperidine rings is 2. The van der Waals surface area contributed by atoms with E-state index < -0.39 is 0 Å². The maximum absolute atomic E-state index is 12.2. The van der Waals surface area contributed by atoms with Gasteiger partial charge in [-0.3, -0.25) is 9.69 Å². The van der Waals surface area contributed by atoms with E-state index >= 15 is 0 Å². The highest BCUT2D eigenvalue weighted by molar-refractivity contribution is 5.77. The zero-order chi connectivity index (χ0) is 17.0. The van der Waals surface area contributed by atoms with Gasteiger partial charge in [-0.1, -0.05) is 6.07 Å². The van der Waals surface area contributed by atoms with E-state index in [9.17, 15) is 4.79 Å². The number of likely N-dealkylation sites (tertiary alicyclic amines) is 2. The molecule has 1 spiro atoms. The monoisotopic (exact) mass is 332 g/mol. The lowest BCUT2D eigenvalue weighted by molar-refractivity contribution is -0.140. The van der Waals surface area contributed by atoms with Crippen LogP contribution in [0.15, 0.2) is 18.3 Å². The van der Waals surface area contributed by atoms with Crippen molar-refractivity contribution >= 4 is 11.7 Å². The average molecular weight is 332 g/mol. The number of anilines is 1. The molecule has 0 bridgehead atoms. The number of nitrogen functional groups attached to an aromatic ring is 1. The Morgan fingerprint density at radius 3 is 3.04 bits per heavy atom. The fourth-order valence-corrected chi connectivity index (χ4v) is 4.11. The van der Waals surface area contributed by atoms with Crippen molar-refractivity contribution in [3.05, 3.63) is 23.9 Å². The summed E-state index contributed by atoms with van der Waals surface area (Å²) in [5, 5.41) is 0. The standard InChI is InChI=1S/C18H28N4O2/c1-24-11-10-22-14-18(7-5-16(22)23)6-3-9-21(13-18)12-15-4-2-8-20-17(15)19/h2,4,8H,3,5-7,9-14H2,1H3,(H2,19,20). The topological polar surface area (TPSA) is 71.7 Å². The molecule has 1 aromatic heterocycles. The van der Waals surface area contributed by atoms with Crippen LogP contribution in [0.25, 0.3) is 0 Å². The summed E-state index contributed by atoms with van der Waals surface area (Å²) in [5.74, 6) is 0.893.